The molecule has 0 saturated carbocycles. The average Bonchev–Trinajstić information content (AvgIpc) is 2.56. The van der Waals surface area contributed by atoms with E-state index in [4.69, 9.17) is 16.3 Å². The maximum Gasteiger partial charge on any atom is 0.244 e. The van der Waals surface area contributed by atoms with Crippen molar-refractivity contribution >= 4 is 21.6 Å². The van der Waals surface area contributed by atoms with Crippen LogP contribution in [0.5, 0.6) is 5.75 Å². The van der Waals surface area contributed by atoms with Gasteiger partial charge in [0, 0.05) is 43.8 Å². The quantitative estimate of drug-likeness (QED) is 0.771. The van der Waals surface area contributed by atoms with Gasteiger partial charge in [-0.1, -0.05) is 25.4 Å². The number of nitrogens with one attached hydrogen (secondary N) is 1. The predicted octanol–water partition coefficient (Wildman–Crippen LogP) is 1.90. The van der Waals surface area contributed by atoms with Crippen molar-refractivity contribution in [2.45, 2.75) is 24.8 Å². The Morgan fingerprint density at radius 2 is 1.88 bits per heavy atom. The first-order chi connectivity index (χ1) is 11.7. The molecule has 1 heterocycles. The number of benzene rings is 1. The van der Waals surface area contributed by atoms with Crippen LogP contribution in [0.15, 0.2) is 23.1 Å². The predicted molar refractivity (Wildman–Crippen MR) is 101 cm³/mol. The summed E-state index contributed by atoms with van der Waals surface area (Å²) in [5.41, 5.74) is 0. The Bertz CT molecular complexity index is 674. The van der Waals surface area contributed by atoms with Crippen molar-refractivity contribution in [3.63, 3.8) is 0 Å². The number of hydrogen-bond acceptors (Lipinski definition) is 5. The summed E-state index contributed by atoms with van der Waals surface area (Å²) in [6.45, 7) is 8.49. The van der Waals surface area contributed by atoms with E-state index in [0.29, 0.717) is 17.5 Å². The van der Waals surface area contributed by atoms with Crippen LogP contribution >= 0.6 is 11.6 Å². The van der Waals surface area contributed by atoms with Crippen LogP contribution < -0.4 is 9.46 Å². The molecule has 1 saturated heterocycles. The van der Waals surface area contributed by atoms with E-state index in [0.717, 1.165) is 26.2 Å². The molecule has 142 valence electrons. The zero-order chi connectivity index (χ0) is 18.6. The third-order valence-electron chi connectivity index (χ3n) is 4.67. The Kier molecular flexibility index (Phi) is 7.10. The first kappa shape index (κ1) is 20.5. The first-order valence-electron chi connectivity index (χ1n) is 8.50. The van der Waals surface area contributed by atoms with Gasteiger partial charge in [0.2, 0.25) is 10.0 Å². The average molecular weight is 390 g/mol. The first-order valence-corrected chi connectivity index (χ1v) is 10.4. The van der Waals surface area contributed by atoms with E-state index in [1.807, 2.05) is 0 Å². The molecular formula is C17H28ClN3O3S. The molecular weight excluding hydrogens is 362 g/mol. The zero-order valence-electron chi connectivity index (χ0n) is 15.3. The molecule has 1 aromatic carbocycles. The maximum atomic E-state index is 12.7. The molecule has 1 aliphatic rings. The van der Waals surface area contributed by atoms with Crippen LogP contribution in [0.25, 0.3) is 0 Å². The van der Waals surface area contributed by atoms with Crippen molar-refractivity contribution in [2.24, 2.45) is 5.92 Å². The van der Waals surface area contributed by atoms with Gasteiger partial charge in [-0.3, -0.25) is 4.90 Å². The lowest BCUT2D eigenvalue weighted by atomic mass is 10.0. The van der Waals surface area contributed by atoms with Gasteiger partial charge in [0.15, 0.2) is 0 Å². The van der Waals surface area contributed by atoms with Crippen LogP contribution in [-0.4, -0.2) is 71.1 Å². The number of halogens is 1. The molecule has 0 radical (unpaired) electrons. The van der Waals surface area contributed by atoms with Crippen molar-refractivity contribution in [2.75, 3.05) is 46.9 Å². The number of sulfonamides is 1. The molecule has 0 aromatic heterocycles. The van der Waals surface area contributed by atoms with Gasteiger partial charge in [-0.2, -0.15) is 0 Å². The normalized spacial score (nSPS) is 18.5. The van der Waals surface area contributed by atoms with Crippen LogP contribution in [0, 0.1) is 5.92 Å². The lowest BCUT2D eigenvalue weighted by Gasteiger charge is -2.39. The highest BCUT2D eigenvalue weighted by Crippen LogP contribution is 2.27. The minimum absolute atomic E-state index is 0.0726. The van der Waals surface area contributed by atoms with E-state index in [-0.39, 0.29) is 16.7 Å². The number of nitrogens with zero attached hydrogens (tertiary/aromatic N) is 2. The number of ether oxygens (including phenoxy) is 1. The number of rotatable bonds is 7. The summed E-state index contributed by atoms with van der Waals surface area (Å²) in [6.07, 6.45) is 0. The summed E-state index contributed by atoms with van der Waals surface area (Å²) >= 11 is 5.97. The van der Waals surface area contributed by atoms with Crippen LogP contribution in [0.3, 0.4) is 0 Å². The molecule has 1 fully saturated rings. The Morgan fingerprint density at radius 1 is 1.24 bits per heavy atom. The van der Waals surface area contributed by atoms with Crippen LogP contribution in [0.2, 0.25) is 5.02 Å². The van der Waals surface area contributed by atoms with Crippen molar-refractivity contribution in [3.8, 4) is 5.75 Å². The fourth-order valence-electron chi connectivity index (χ4n) is 3.07. The number of hydrogen-bond donors (Lipinski definition) is 1. The van der Waals surface area contributed by atoms with Gasteiger partial charge in [0.25, 0.3) is 0 Å². The number of likely N-dealkylation sites (N-methyl/N-ethyl adjacent to an activating group) is 1. The van der Waals surface area contributed by atoms with E-state index in [1.54, 1.807) is 12.1 Å². The summed E-state index contributed by atoms with van der Waals surface area (Å²) in [7, 11) is -0.145. The fraction of sp³-hybridized carbons (Fsp3) is 0.647. The molecule has 1 aromatic rings. The van der Waals surface area contributed by atoms with E-state index < -0.39 is 10.0 Å². The Morgan fingerprint density at radius 3 is 2.44 bits per heavy atom. The lowest BCUT2D eigenvalue weighted by Crippen LogP contribution is -2.54. The van der Waals surface area contributed by atoms with E-state index in [2.05, 4.69) is 35.4 Å². The molecule has 1 unspecified atom stereocenters. The van der Waals surface area contributed by atoms with Gasteiger partial charge >= 0.3 is 0 Å². The van der Waals surface area contributed by atoms with Crippen molar-refractivity contribution in [3.05, 3.63) is 23.2 Å². The topological polar surface area (TPSA) is 61.9 Å². The van der Waals surface area contributed by atoms with Gasteiger partial charge in [-0.25, -0.2) is 13.1 Å². The van der Waals surface area contributed by atoms with Gasteiger partial charge in [0.05, 0.1) is 7.11 Å². The summed E-state index contributed by atoms with van der Waals surface area (Å²) < 4.78 is 33.4. The maximum absolute atomic E-state index is 12.7. The smallest absolute Gasteiger partial charge is 0.244 e. The molecule has 1 atom stereocenters. The Balaban J connectivity index is 2.12. The second-order valence-electron chi connectivity index (χ2n) is 6.80. The highest BCUT2D eigenvalue weighted by molar-refractivity contribution is 7.89. The van der Waals surface area contributed by atoms with E-state index in [1.165, 1.54) is 13.2 Å². The van der Waals surface area contributed by atoms with Crippen LogP contribution in [0.4, 0.5) is 0 Å². The number of piperazine rings is 1. The largest absolute Gasteiger partial charge is 0.495 e. The highest BCUT2D eigenvalue weighted by atomic mass is 35.5. The summed E-state index contributed by atoms with van der Waals surface area (Å²) in [5, 5.41) is 0.362. The van der Waals surface area contributed by atoms with Gasteiger partial charge in [0.1, 0.15) is 10.6 Å². The standard InChI is InChI=1S/C17H28ClN3O3S/c1-13(2)15(21-9-7-20(3)8-10-21)12-19-25(22,23)17-11-14(18)5-6-16(17)24-4/h5-6,11,13,15,19H,7-10,12H2,1-4H3. The summed E-state index contributed by atoms with van der Waals surface area (Å²) in [6, 6.07) is 4.74. The fourth-order valence-corrected chi connectivity index (χ4v) is 4.55. The molecule has 0 bridgehead atoms. The van der Waals surface area contributed by atoms with Crippen molar-refractivity contribution in [1.82, 2.24) is 14.5 Å². The molecule has 1 N–H and O–H groups in total. The second kappa shape index (κ2) is 8.68. The molecule has 25 heavy (non-hydrogen) atoms. The molecule has 6 nitrogen and oxygen atoms in total. The highest BCUT2D eigenvalue weighted by Gasteiger charge is 2.28. The minimum Gasteiger partial charge on any atom is -0.495 e. The summed E-state index contributed by atoms with van der Waals surface area (Å²) in [4.78, 5) is 4.72. The molecule has 0 spiro atoms. The van der Waals surface area contributed by atoms with Gasteiger partial charge in [-0.15, -0.1) is 0 Å². The molecule has 0 aliphatic carbocycles. The summed E-state index contributed by atoms with van der Waals surface area (Å²) in [5.74, 6) is 0.630. The van der Waals surface area contributed by atoms with Gasteiger partial charge in [-0.05, 0) is 31.2 Å². The molecule has 2 rings (SSSR count). The molecule has 0 amide bonds. The number of methoxy groups -OCH3 is 1. The Hall–Kier alpha value is -0.860. The third-order valence-corrected chi connectivity index (χ3v) is 6.35. The van der Waals surface area contributed by atoms with Crippen LogP contribution in [0.1, 0.15) is 13.8 Å². The SMILES string of the molecule is COc1ccc(Cl)cc1S(=O)(=O)NCC(C(C)C)N1CCN(C)CC1. The Labute approximate surface area is 156 Å². The van der Waals surface area contributed by atoms with Crippen LogP contribution in [-0.2, 0) is 10.0 Å². The van der Waals surface area contributed by atoms with Crippen molar-refractivity contribution in [1.29, 1.82) is 0 Å². The molecule has 1 aliphatic heterocycles. The van der Waals surface area contributed by atoms with Crippen molar-refractivity contribution < 1.29 is 13.2 Å². The minimum atomic E-state index is -3.70. The zero-order valence-corrected chi connectivity index (χ0v) is 16.9. The lowest BCUT2D eigenvalue weighted by molar-refractivity contribution is 0.0905. The third kappa shape index (κ3) is 5.31. The van der Waals surface area contributed by atoms with Gasteiger partial charge < -0.3 is 9.64 Å². The molecule has 8 heteroatoms. The van der Waals surface area contributed by atoms with E-state index >= 15 is 0 Å². The van der Waals surface area contributed by atoms with E-state index in [9.17, 15) is 8.42 Å². The second-order valence-corrected chi connectivity index (χ2v) is 8.97. The monoisotopic (exact) mass is 389 g/mol.